The Kier molecular flexibility index (Phi) is 4.52. The largest absolute Gasteiger partial charge is 0.455 e. The first-order valence-electron chi connectivity index (χ1n) is 12.8. The molecule has 2 aromatic heterocycles. The smallest absolute Gasteiger partial charge is 0.145 e. The first-order valence-corrected chi connectivity index (χ1v) is 12.8. The average molecular weight is 487 g/mol. The van der Waals surface area contributed by atoms with Gasteiger partial charge in [-0.25, -0.2) is 4.98 Å². The fourth-order valence-electron chi connectivity index (χ4n) is 5.65. The normalized spacial score (nSPS) is 11.7. The number of aromatic nitrogens is 2. The van der Waals surface area contributed by atoms with E-state index in [1.165, 1.54) is 10.8 Å². The van der Waals surface area contributed by atoms with E-state index >= 15 is 0 Å². The molecule has 8 rings (SSSR count). The third-order valence-corrected chi connectivity index (χ3v) is 7.40. The summed E-state index contributed by atoms with van der Waals surface area (Å²) in [5.41, 5.74) is 8.31. The van der Waals surface area contributed by atoms with Gasteiger partial charge in [-0.05, 0) is 52.7 Å². The van der Waals surface area contributed by atoms with Gasteiger partial charge in [0, 0.05) is 27.6 Å². The lowest BCUT2D eigenvalue weighted by Gasteiger charge is -2.12. The van der Waals surface area contributed by atoms with Crippen LogP contribution < -0.4 is 0 Å². The molecule has 0 bridgehead atoms. The van der Waals surface area contributed by atoms with Gasteiger partial charge in [0.1, 0.15) is 17.0 Å². The van der Waals surface area contributed by atoms with Crippen LogP contribution in [0.5, 0.6) is 0 Å². The second-order valence-corrected chi connectivity index (χ2v) is 9.62. The van der Waals surface area contributed by atoms with Gasteiger partial charge in [0.05, 0.1) is 11.0 Å². The Morgan fingerprint density at radius 2 is 1.26 bits per heavy atom. The second-order valence-electron chi connectivity index (χ2n) is 9.62. The van der Waals surface area contributed by atoms with Crippen molar-refractivity contribution in [3.8, 4) is 28.2 Å². The molecule has 0 saturated heterocycles. The Morgan fingerprint density at radius 1 is 0.553 bits per heavy atom. The first-order chi connectivity index (χ1) is 18.8. The summed E-state index contributed by atoms with van der Waals surface area (Å²) in [6.45, 7) is 0. The molecule has 3 heteroatoms. The van der Waals surface area contributed by atoms with Crippen molar-refractivity contribution in [1.82, 2.24) is 9.55 Å². The van der Waals surface area contributed by atoms with Crippen LogP contribution in [0.4, 0.5) is 0 Å². The zero-order valence-electron chi connectivity index (χ0n) is 20.5. The first kappa shape index (κ1) is 21.0. The highest BCUT2D eigenvalue weighted by molar-refractivity contribution is 6.18. The summed E-state index contributed by atoms with van der Waals surface area (Å²) < 4.78 is 8.71. The fourth-order valence-corrected chi connectivity index (χ4v) is 5.65. The Labute approximate surface area is 219 Å². The maximum atomic E-state index is 6.47. The summed E-state index contributed by atoms with van der Waals surface area (Å²) in [4.78, 5) is 4.99. The highest BCUT2D eigenvalue weighted by Crippen LogP contribution is 2.41. The molecule has 0 aliphatic carbocycles. The molecule has 8 aromatic rings. The summed E-state index contributed by atoms with van der Waals surface area (Å²) in [5.74, 6) is 0.935. The van der Waals surface area contributed by atoms with Gasteiger partial charge >= 0.3 is 0 Å². The van der Waals surface area contributed by atoms with Crippen LogP contribution >= 0.6 is 0 Å². The molecule has 38 heavy (non-hydrogen) atoms. The minimum absolute atomic E-state index is 0.910. The molecule has 178 valence electrons. The monoisotopic (exact) mass is 486 g/mol. The van der Waals surface area contributed by atoms with Gasteiger partial charge in [-0.3, -0.25) is 4.57 Å². The van der Waals surface area contributed by atoms with E-state index in [9.17, 15) is 0 Å². The van der Waals surface area contributed by atoms with Gasteiger partial charge in [0.15, 0.2) is 0 Å². The number of nitrogens with zero attached hydrogens (tertiary/aromatic N) is 2. The molecule has 2 heterocycles. The molecule has 0 spiro atoms. The highest BCUT2D eigenvalue weighted by Gasteiger charge is 2.18. The zero-order valence-corrected chi connectivity index (χ0v) is 20.5. The molecule has 6 aromatic carbocycles. The third kappa shape index (κ3) is 3.12. The van der Waals surface area contributed by atoms with E-state index in [1.807, 2.05) is 24.3 Å². The van der Waals surface area contributed by atoms with Crippen LogP contribution in [0, 0.1) is 0 Å². The summed E-state index contributed by atoms with van der Waals surface area (Å²) in [5, 5.41) is 4.68. The van der Waals surface area contributed by atoms with Crippen LogP contribution in [-0.2, 0) is 0 Å². The molecule has 0 aliphatic rings. The van der Waals surface area contributed by atoms with Gasteiger partial charge in [-0.15, -0.1) is 0 Å². The zero-order chi connectivity index (χ0) is 25.1. The Bertz CT molecular complexity index is 2120. The quantitative estimate of drug-likeness (QED) is 0.249. The SMILES string of the molecule is c1ccc(-c2nc3ccccc3n2-c2ccc(-c3c4ccccc4cc4c3oc3ccccc34)cc2)cc1. The van der Waals surface area contributed by atoms with Gasteiger partial charge in [0.2, 0.25) is 0 Å². The summed E-state index contributed by atoms with van der Waals surface area (Å²) in [6, 6.07) is 46.5. The van der Waals surface area contributed by atoms with Gasteiger partial charge in [-0.1, -0.05) is 97.1 Å². The molecule has 0 radical (unpaired) electrons. The average Bonchev–Trinajstić information content (AvgIpc) is 3.55. The van der Waals surface area contributed by atoms with E-state index in [4.69, 9.17) is 9.40 Å². The van der Waals surface area contributed by atoms with Crippen LogP contribution in [0.3, 0.4) is 0 Å². The van der Waals surface area contributed by atoms with Crippen molar-refractivity contribution in [2.45, 2.75) is 0 Å². The molecule has 0 N–H and O–H groups in total. The molecule has 0 saturated carbocycles. The standard InChI is InChI=1S/C35H22N2O/c1-2-10-24(11-3-1)35-36-30-15-7-8-16-31(30)37(35)26-20-18-23(19-21-26)33-27-13-5-4-12-25(27)22-29-28-14-6-9-17-32(28)38-34(29)33/h1-22H. The lowest BCUT2D eigenvalue weighted by atomic mass is 9.95. The molecule has 0 atom stereocenters. The van der Waals surface area contributed by atoms with E-state index in [2.05, 4.69) is 114 Å². The van der Waals surface area contributed by atoms with E-state index in [0.29, 0.717) is 0 Å². The topological polar surface area (TPSA) is 31.0 Å². The second kappa shape index (κ2) is 8.19. The van der Waals surface area contributed by atoms with E-state index in [1.54, 1.807) is 0 Å². The van der Waals surface area contributed by atoms with E-state index < -0.39 is 0 Å². The number of furan rings is 1. The fraction of sp³-hybridized carbons (Fsp3) is 0. The number of hydrogen-bond acceptors (Lipinski definition) is 2. The maximum Gasteiger partial charge on any atom is 0.145 e. The Balaban J connectivity index is 1.36. The number of para-hydroxylation sites is 3. The van der Waals surface area contributed by atoms with Crippen LogP contribution in [0.15, 0.2) is 138 Å². The molecular formula is C35H22N2O. The molecular weight excluding hydrogens is 464 g/mol. The maximum absolute atomic E-state index is 6.47. The van der Waals surface area contributed by atoms with Crippen molar-refractivity contribution in [2.24, 2.45) is 0 Å². The molecule has 0 aliphatic heterocycles. The third-order valence-electron chi connectivity index (χ3n) is 7.40. The van der Waals surface area contributed by atoms with Crippen LogP contribution in [-0.4, -0.2) is 9.55 Å². The van der Waals surface area contributed by atoms with Crippen LogP contribution in [0.1, 0.15) is 0 Å². The lowest BCUT2D eigenvalue weighted by molar-refractivity contribution is 0.670. The number of imidazole rings is 1. The van der Waals surface area contributed by atoms with Gasteiger partial charge in [-0.2, -0.15) is 0 Å². The predicted octanol–water partition coefficient (Wildman–Crippen LogP) is 9.41. The minimum Gasteiger partial charge on any atom is -0.455 e. The lowest BCUT2D eigenvalue weighted by Crippen LogP contribution is -1.97. The van der Waals surface area contributed by atoms with Crippen molar-refractivity contribution in [2.75, 3.05) is 0 Å². The molecule has 0 amide bonds. The Morgan fingerprint density at radius 3 is 2.13 bits per heavy atom. The van der Waals surface area contributed by atoms with Crippen molar-refractivity contribution >= 4 is 43.7 Å². The highest BCUT2D eigenvalue weighted by atomic mass is 16.3. The number of hydrogen-bond donors (Lipinski definition) is 0. The summed E-state index contributed by atoms with van der Waals surface area (Å²) in [6.07, 6.45) is 0. The van der Waals surface area contributed by atoms with E-state index in [-0.39, 0.29) is 0 Å². The minimum atomic E-state index is 0.910. The molecule has 0 unspecified atom stereocenters. The van der Waals surface area contributed by atoms with Crippen LogP contribution in [0.2, 0.25) is 0 Å². The summed E-state index contributed by atoms with van der Waals surface area (Å²) in [7, 11) is 0. The van der Waals surface area contributed by atoms with Crippen molar-refractivity contribution in [3.63, 3.8) is 0 Å². The Hall–Kier alpha value is -5.15. The summed E-state index contributed by atoms with van der Waals surface area (Å²) >= 11 is 0. The molecule has 0 fully saturated rings. The van der Waals surface area contributed by atoms with E-state index in [0.717, 1.165) is 61.2 Å². The molecule has 3 nitrogen and oxygen atoms in total. The van der Waals surface area contributed by atoms with Crippen molar-refractivity contribution in [1.29, 1.82) is 0 Å². The number of fused-ring (bicyclic) bond motifs is 5. The van der Waals surface area contributed by atoms with Gasteiger partial charge < -0.3 is 4.42 Å². The predicted molar refractivity (Wildman–Crippen MR) is 157 cm³/mol. The van der Waals surface area contributed by atoms with Gasteiger partial charge in [0.25, 0.3) is 0 Å². The number of benzene rings is 6. The number of rotatable bonds is 3. The van der Waals surface area contributed by atoms with Crippen molar-refractivity contribution < 1.29 is 4.42 Å². The van der Waals surface area contributed by atoms with Crippen LogP contribution in [0.25, 0.3) is 71.9 Å². The van der Waals surface area contributed by atoms with Crippen molar-refractivity contribution in [3.05, 3.63) is 133 Å².